The van der Waals surface area contributed by atoms with Gasteiger partial charge in [-0.3, -0.25) is 4.79 Å². The number of halogens is 24. The van der Waals surface area contributed by atoms with Gasteiger partial charge in [-0.05, 0) is 35.9 Å². The van der Waals surface area contributed by atoms with E-state index in [0.29, 0.717) is 11.4 Å². The summed E-state index contributed by atoms with van der Waals surface area (Å²) in [5, 5.41) is 0. The number of alkyl halides is 24. The molecule has 0 saturated carbocycles. The van der Waals surface area contributed by atoms with Crippen molar-refractivity contribution in [2.24, 2.45) is 0 Å². The van der Waals surface area contributed by atoms with Gasteiger partial charge in [-0.2, -0.15) is 132 Å². The number of ether oxygens (including phenoxy) is 1. The van der Waals surface area contributed by atoms with Crippen molar-refractivity contribution in [2.45, 2.75) is 62.1 Å². The molecule has 8 rings (SSSR count). The lowest BCUT2D eigenvalue weighted by Crippen LogP contribution is -2.75. The predicted octanol–water partition coefficient (Wildman–Crippen LogP) is 14.6. The SMILES string of the molecule is FC(F)(F)c1cc([B-](c2cc(C(F)(F)F)cc(C(F)(F)F)c2)(c2cc(C(F)(F)F)cc(C(F)(F)F)c2)c2cc(C(F)(F)F)cc(C(F)(F)F)c2)cc(C(F)(F)F)c1.O=C(C[n+]1ccnc(OC2C=Cc3ccccc32)c1)c1ccccc1. The third-order valence-corrected chi connectivity index (χ3v) is 12.6. The van der Waals surface area contributed by atoms with E-state index in [0.717, 1.165) is 11.1 Å². The number of Topliss-reactive ketones (excluding diaryl/α,β-unsaturated/α-hetero) is 1. The fourth-order valence-corrected chi connectivity index (χ4v) is 8.97. The van der Waals surface area contributed by atoms with Gasteiger partial charge in [0.1, 0.15) is 12.2 Å². The molecule has 1 aromatic heterocycles. The van der Waals surface area contributed by atoms with Gasteiger partial charge in [0, 0.05) is 11.1 Å². The number of hydrogen-bond acceptors (Lipinski definition) is 3. The average Bonchev–Trinajstić information content (AvgIpc) is 1.84. The molecular weight excluding hydrogens is 1160 g/mol. The molecule has 0 aliphatic heterocycles. The Morgan fingerprint density at radius 1 is 0.439 bits per heavy atom. The van der Waals surface area contributed by atoms with E-state index in [1.54, 1.807) is 23.2 Å². The quantitative estimate of drug-likeness (QED) is 0.0626. The van der Waals surface area contributed by atoms with E-state index in [4.69, 9.17) is 4.74 Å². The summed E-state index contributed by atoms with van der Waals surface area (Å²) in [5.74, 6) is 0.545. The lowest BCUT2D eigenvalue weighted by atomic mass is 9.12. The molecule has 0 amide bonds. The lowest BCUT2D eigenvalue weighted by molar-refractivity contribution is -0.684. The fourth-order valence-electron chi connectivity index (χ4n) is 8.97. The zero-order chi connectivity index (χ0) is 61.0. The summed E-state index contributed by atoms with van der Waals surface area (Å²) in [6.07, 6.45) is -45.7. The number of aromatic nitrogens is 2. The second kappa shape index (κ2) is 21.7. The molecular formula is C53H29BF24N2O2. The Balaban J connectivity index is 0.000000318. The van der Waals surface area contributed by atoms with Gasteiger partial charge < -0.3 is 4.74 Å². The largest absolute Gasteiger partial charge is 0.461 e. The molecule has 0 bridgehead atoms. The standard InChI is InChI=1S/C32H12BF24.C21H17N2O2/c34-25(35,36)13-1-14(26(37,38)39)6-21(5-13)33(22-7-15(27(40,41)42)2-16(8-22)28(43,44)45,23-9-17(29(46,47)48)3-18(10-23)30(49,50)51)24-11-19(31(52,53)54)4-20(12-24)32(55,56)57;24-19(17-7-2-1-3-8-17)14-23-13-12-22-21(15-23)25-20-11-10-16-6-4-5-9-18(16)20/h1-12H;1-13,15,20H,14H2/q-1;+1. The lowest BCUT2D eigenvalue weighted by Gasteiger charge is -2.46. The van der Waals surface area contributed by atoms with Crippen LogP contribution >= 0.6 is 0 Å². The molecule has 7 aromatic rings. The molecule has 1 aliphatic carbocycles. The van der Waals surface area contributed by atoms with Crippen molar-refractivity contribution in [1.29, 1.82) is 0 Å². The normalized spacial score (nSPS) is 14.5. The number of carbonyl (C=O) groups is 1. The molecule has 0 fully saturated rings. The molecule has 6 aromatic carbocycles. The highest BCUT2D eigenvalue weighted by Crippen LogP contribution is 2.42. The van der Waals surface area contributed by atoms with Gasteiger partial charge in [0.25, 0.3) is 5.88 Å². The second-order valence-electron chi connectivity index (χ2n) is 18.1. The minimum absolute atomic E-state index is 0.0499. The van der Waals surface area contributed by atoms with E-state index < -0.39 is 195 Å². The molecule has 1 aliphatic rings. The van der Waals surface area contributed by atoms with Gasteiger partial charge in [-0.25, -0.2) is 4.98 Å². The molecule has 0 radical (unpaired) electrons. The maximum atomic E-state index is 14.2. The Hall–Kier alpha value is -8.01. The molecule has 1 atom stereocenters. The third kappa shape index (κ3) is 13.8. The number of benzene rings is 6. The summed E-state index contributed by atoms with van der Waals surface area (Å²) in [6.45, 7) is 0.250. The van der Waals surface area contributed by atoms with Gasteiger partial charge in [-0.15, -0.1) is 0 Å². The highest BCUT2D eigenvalue weighted by Gasteiger charge is 2.47. The van der Waals surface area contributed by atoms with Crippen molar-refractivity contribution in [1.82, 2.24) is 4.98 Å². The summed E-state index contributed by atoms with van der Waals surface area (Å²) >= 11 is 0. The van der Waals surface area contributed by atoms with Crippen LogP contribution in [-0.4, -0.2) is 16.9 Å². The summed E-state index contributed by atoms with van der Waals surface area (Å²) in [4.78, 5) is 16.6. The summed E-state index contributed by atoms with van der Waals surface area (Å²) in [5.41, 5.74) is -27.2. The van der Waals surface area contributed by atoms with E-state index in [2.05, 4.69) is 23.2 Å². The molecule has 434 valence electrons. The highest BCUT2D eigenvalue weighted by molar-refractivity contribution is 7.20. The Labute approximate surface area is 444 Å². The van der Waals surface area contributed by atoms with Crippen LogP contribution in [0.4, 0.5) is 105 Å². The summed E-state index contributed by atoms with van der Waals surface area (Å²) < 4.78 is 349. The van der Waals surface area contributed by atoms with Gasteiger partial charge in [0.2, 0.25) is 18.5 Å². The minimum Gasteiger partial charge on any atom is -0.461 e. The topological polar surface area (TPSA) is 43.1 Å². The monoisotopic (exact) mass is 1190 g/mol. The van der Waals surface area contributed by atoms with Crippen molar-refractivity contribution in [2.75, 3.05) is 0 Å². The first-order valence-electron chi connectivity index (χ1n) is 22.8. The van der Waals surface area contributed by atoms with E-state index in [9.17, 15) is 110 Å². The van der Waals surface area contributed by atoms with Crippen LogP contribution in [0.25, 0.3) is 6.08 Å². The van der Waals surface area contributed by atoms with Crippen molar-refractivity contribution < 1.29 is 119 Å². The van der Waals surface area contributed by atoms with Crippen LogP contribution in [0.1, 0.15) is 72.1 Å². The van der Waals surface area contributed by atoms with Crippen LogP contribution in [0.2, 0.25) is 0 Å². The zero-order valence-corrected chi connectivity index (χ0v) is 40.2. The van der Waals surface area contributed by atoms with Crippen LogP contribution in [0.3, 0.4) is 0 Å². The van der Waals surface area contributed by atoms with E-state index in [1.807, 2.05) is 48.5 Å². The molecule has 0 saturated heterocycles. The number of hydrogen-bond donors (Lipinski definition) is 0. The maximum Gasteiger partial charge on any atom is 0.416 e. The van der Waals surface area contributed by atoms with Gasteiger partial charge in [0.15, 0.2) is 6.20 Å². The van der Waals surface area contributed by atoms with Crippen LogP contribution in [0.15, 0.2) is 152 Å². The Bertz CT molecular complexity index is 3080. The predicted molar refractivity (Wildman–Crippen MR) is 244 cm³/mol. The number of fused-ring (bicyclic) bond motifs is 1. The maximum absolute atomic E-state index is 14.2. The molecule has 1 heterocycles. The molecule has 1 unspecified atom stereocenters. The Morgan fingerprint density at radius 3 is 1.09 bits per heavy atom. The molecule has 82 heavy (non-hydrogen) atoms. The van der Waals surface area contributed by atoms with Crippen LogP contribution in [0, 0.1) is 0 Å². The Morgan fingerprint density at radius 2 is 0.756 bits per heavy atom. The van der Waals surface area contributed by atoms with E-state index in [-0.39, 0.29) is 18.4 Å². The summed E-state index contributed by atoms with van der Waals surface area (Å²) in [7, 11) is 0. The van der Waals surface area contributed by atoms with Crippen molar-refractivity contribution in [3.8, 4) is 5.88 Å². The number of rotatable bonds is 9. The zero-order valence-electron chi connectivity index (χ0n) is 40.2. The average molecular weight is 1190 g/mol. The van der Waals surface area contributed by atoms with Crippen molar-refractivity contribution in [3.05, 3.63) is 213 Å². The van der Waals surface area contributed by atoms with Gasteiger partial charge in [-0.1, -0.05) is 109 Å². The van der Waals surface area contributed by atoms with E-state index >= 15 is 0 Å². The molecule has 0 N–H and O–H groups in total. The molecule has 0 spiro atoms. The molecule has 4 nitrogen and oxygen atoms in total. The van der Waals surface area contributed by atoms with Crippen molar-refractivity contribution >= 4 is 39.9 Å². The van der Waals surface area contributed by atoms with E-state index in [1.165, 1.54) is 0 Å². The van der Waals surface area contributed by atoms with Crippen LogP contribution < -0.4 is 31.2 Å². The van der Waals surface area contributed by atoms with Gasteiger partial charge in [0.05, 0.1) is 50.7 Å². The fraction of sp³-hybridized carbons (Fsp3) is 0.189. The molecule has 29 heteroatoms. The van der Waals surface area contributed by atoms with Crippen LogP contribution in [-0.2, 0) is 56.0 Å². The first-order chi connectivity index (χ1) is 37.6. The first kappa shape index (κ1) is 61.6. The smallest absolute Gasteiger partial charge is 0.416 e. The number of nitrogens with zero attached hydrogens (tertiary/aromatic N) is 2. The minimum atomic E-state index is -6.13. The number of ketones is 1. The van der Waals surface area contributed by atoms with Crippen molar-refractivity contribution in [3.63, 3.8) is 0 Å². The third-order valence-electron chi connectivity index (χ3n) is 12.6. The first-order valence-corrected chi connectivity index (χ1v) is 22.8. The highest BCUT2D eigenvalue weighted by atomic mass is 19.4. The Kier molecular flexibility index (Phi) is 16.3. The number of carbonyl (C=O) groups excluding carboxylic acids is 1. The van der Waals surface area contributed by atoms with Crippen LogP contribution in [0.5, 0.6) is 5.88 Å². The summed E-state index contributed by atoms with van der Waals surface area (Å²) in [6, 6.07) is 8.58. The second-order valence-corrected chi connectivity index (χ2v) is 18.1. The van der Waals surface area contributed by atoms with Gasteiger partial charge >= 0.3 is 49.4 Å².